The van der Waals surface area contributed by atoms with Crippen LogP contribution in [0, 0.1) is 13.8 Å². The molecular formula is C24H24ClN5O. The van der Waals surface area contributed by atoms with Gasteiger partial charge in [0.25, 0.3) is 5.91 Å². The second-order valence-electron chi connectivity index (χ2n) is 7.53. The number of aromatic nitrogens is 4. The number of halogens is 1. The molecule has 0 aliphatic heterocycles. The first-order chi connectivity index (χ1) is 15.0. The van der Waals surface area contributed by atoms with Crippen molar-refractivity contribution in [2.45, 2.75) is 33.5 Å². The van der Waals surface area contributed by atoms with Gasteiger partial charge in [-0.05, 0) is 36.6 Å². The molecule has 158 valence electrons. The number of hydrogen-bond donors (Lipinski definition) is 1. The molecule has 0 unspecified atom stereocenters. The van der Waals surface area contributed by atoms with E-state index in [0.717, 1.165) is 28.9 Å². The SMILES string of the molecule is Cc1nn(Cc2ccccc2Cl)c(C)c1C(=O)NCc1cccc(Cn2ccnc2)c1. The summed E-state index contributed by atoms with van der Waals surface area (Å²) < 4.78 is 3.84. The standard InChI is InChI=1S/C24H24ClN5O/c1-17-23(18(2)30(28-17)15-21-8-3-4-9-22(21)25)24(31)27-13-19-6-5-7-20(12-19)14-29-11-10-26-16-29/h3-12,16H,13-15H2,1-2H3,(H,27,31). The van der Waals surface area contributed by atoms with Gasteiger partial charge in [-0.1, -0.05) is 54.1 Å². The van der Waals surface area contributed by atoms with Crippen LogP contribution in [0.1, 0.15) is 38.4 Å². The lowest BCUT2D eigenvalue weighted by molar-refractivity contribution is 0.0949. The number of carbonyl (C=O) groups is 1. The van der Waals surface area contributed by atoms with Gasteiger partial charge in [-0.2, -0.15) is 5.10 Å². The van der Waals surface area contributed by atoms with Crippen molar-refractivity contribution in [1.29, 1.82) is 0 Å². The Labute approximate surface area is 186 Å². The number of amides is 1. The zero-order valence-electron chi connectivity index (χ0n) is 17.5. The van der Waals surface area contributed by atoms with E-state index in [1.807, 2.05) is 65.7 Å². The molecule has 4 rings (SSSR count). The van der Waals surface area contributed by atoms with Crippen molar-refractivity contribution in [1.82, 2.24) is 24.6 Å². The highest BCUT2D eigenvalue weighted by Crippen LogP contribution is 2.19. The Kier molecular flexibility index (Phi) is 6.18. The molecule has 1 amide bonds. The van der Waals surface area contributed by atoms with E-state index in [9.17, 15) is 4.79 Å². The molecule has 0 atom stereocenters. The van der Waals surface area contributed by atoms with Crippen molar-refractivity contribution in [3.63, 3.8) is 0 Å². The van der Waals surface area contributed by atoms with Crippen LogP contribution < -0.4 is 5.32 Å². The fourth-order valence-corrected chi connectivity index (χ4v) is 3.86. The van der Waals surface area contributed by atoms with E-state index in [1.165, 1.54) is 0 Å². The van der Waals surface area contributed by atoms with Crippen LogP contribution in [0.5, 0.6) is 0 Å². The molecule has 2 aromatic heterocycles. The number of benzene rings is 2. The summed E-state index contributed by atoms with van der Waals surface area (Å²) in [5.74, 6) is -0.125. The Morgan fingerprint density at radius 2 is 1.87 bits per heavy atom. The van der Waals surface area contributed by atoms with Gasteiger partial charge in [0.1, 0.15) is 0 Å². The number of hydrogen-bond acceptors (Lipinski definition) is 3. The Bertz CT molecular complexity index is 1200. The van der Waals surface area contributed by atoms with E-state index >= 15 is 0 Å². The van der Waals surface area contributed by atoms with Crippen LogP contribution in [0.15, 0.2) is 67.3 Å². The molecule has 6 nitrogen and oxygen atoms in total. The van der Waals surface area contributed by atoms with Crippen molar-refractivity contribution in [3.8, 4) is 0 Å². The molecular weight excluding hydrogens is 410 g/mol. The lowest BCUT2D eigenvalue weighted by Crippen LogP contribution is -2.24. The first kappa shape index (κ1) is 20.9. The van der Waals surface area contributed by atoms with Crippen molar-refractivity contribution < 1.29 is 4.79 Å². The highest BCUT2D eigenvalue weighted by molar-refractivity contribution is 6.31. The number of carbonyl (C=O) groups excluding carboxylic acids is 1. The van der Waals surface area contributed by atoms with Gasteiger partial charge >= 0.3 is 0 Å². The largest absolute Gasteiger partial charge is 0.348 e. The summed E-state index contributed by atoms with van der Waals surface area (Å²) in [5, 5.41) is 8.29. The first-order valence-electron chi connectivity index (χ1n) is 10.1. The lowest BCUT2D eigenvalue weighted by Gasteiger charge is -2.09. The second kappa shape index (κ2) is 9.18. The van der Waals surface area contributed by atoms with Crippen LogP contribution in [0.25, 0.3) is 0 Å². The maximum Gasteiger partial charge on any atom is 0.255 e. The third-order valence-corrected chi connectivity index (χ3v) is 5.62. The Morgan fingerprint density at radius 1 is 1.06 bits per heavy atom. The average Bonchev–Trinajstić information content (AvgIpc) is 3.36. The van der Waals surface area contributed by atoms with E-state index in [4.69, 9.17) is 11.6 Å². The number of nitrogens with zero attached hydrogens (tertiary/aromatic N) is 4. The predicted molar refractivity (Wildman–Crippen MR) is 121 cm³/mol. The minimum absolute atomic E-state index is 0.125. The van der Waals surface area contributed by atoms with Gasteiger partial charge in [-0.25, -0.2) is 4.98 Å². The van der Waals surface area contributed by atoms with Gasteiger partial charge in [0.15, 0.2) is 0 Å². The monoisotopic (exact) mass is 433 g/mol. The minimum atomic E-state index is -0.125. The van der Waals surface area contributed by atoms with Crippen LogP contribution >= 0.6 is 11.6 Å². The molecule has 0 aliphatic rings. The summed E-state index contributed by atoms with van der Waals surface area (Å²) in [5.41, 5.74) is 5.31. The number of nitrogens with one attached hydrogen (secondary N) is 1. The smallest absolute Gasteiger partial charge is 0.255 e. The van der Waals surface area contributed by atoms with E-state index in [0.29, 0.717) is 29.4 Å². The van der Waals surface area contributed by atoms with E-state index in [1.54, 1.807) is 12.5 Å². The Balaban J connectivity index is 1.44. The minimum Gasteiger partial charge on any atom is -0.348 e. The summed E-state index contributed by atoms with van der Waals surface area (Å²) in [6, 6.07) is 15.9. The maximum atomic E-state index is 12.9. The topological polar surface area (TPSA) is 64.7 Å². The molecule has 2 aromatic carbocycles. The van der Waals surface area contributed by atoms with Gasteiger partial charge in [0.2, 0.25) is 0 Å². The first-order valence-corrected chi connectivity index (χ1v) is 10.5. The average molecular weight is 434 g/mol. The van der Waals surface area contributed by atoms with Gasteiger partial charge in [-0.3, -0.25) is 9.48 Å². The zero-order chi connectivity index (χ0) is 21.8. The van der Waals surface area contributed by atoms with Crippen molar-refractivity contribution in [2.75, 3.05) is 0 Å². The van der Waals surface area contributed by atoms with Gasteiger partial charge in [0.05, 0.1) is 24.1 Å². The molecule has 0 saturated carbocycles. The quantitative estimate of drug-likeness (QED) is 0.470. The van der Waals surface area contributed by atoms with Gasteiger partial charge < -0.3 is 9.88 Å². The molecule has 2 heterocycles. The molecule has 0 aliphatic carbocycles. The van der Waals surface area contributed by atoms with Crippen molar-refractivity contribution in [2.24, 2.45) is 0 Å². The van der Waals surface area contributed by atoms with E-state index < -0.39 is 0 Å². The normalized spacial score (nSPS) is 10.9. The molecule has 1 N–H and O–H groups in total. The van der Waals surface area contributed by atoms with Crippen LogP contribution in [0.3, 0.4) is 0 Å². The summed E-state index contributed by atoms with van der Waals surface area (Å²) in [6.45, 7) is 5.49. The number of aryl methyl sites for hydroxylation is 1. The Morgan fingerprint density at radius 3 is 2.65 bits per heavy atom. The summed E-state index contributed by atoms with van der Waals surface area (Å²) in [7, 11) is 0. The molecule has 7 heteroatoms. The third kappa shape index (κ3) is 4.86. The predicted octanol–water partition coefficient (Wildman–Crippen LogP) is 4.38. The summed E-state index contributed by atoms with van der Waals surface area (Å²) >= 11 is 6.29. The summed E-state index contributed by atoms with van der Waals surface area (Å²) in [4.78, 5) is 17.0. The van der Waals surface area contributed by atoms with Crippen LogP contribution in [-0.2, 0) is 19.6 Å². The van der Waals surface area contributed by atoms with Crippen LogP contribution in [0.4, 0.5) is 0 Å². The summed E-state index contributed by atoms with van der Waals surface area (Å²) in [6.07, 6.45) is 5.49. The van der Waals surface area contributed by atoms with Crippen molar-refractivity contribution in [3.05, 3.63) is 106 Å². The fraction of sp³-hybridized carbons (Fsp3) is 0.208. The molecule has 0 spiro atoms. The second-order valence-corrected chi connectivity index (χ2v) is 7.94. The molecule has 0 radical (unpaired) electrons. The maximum absolute atomic E-state index is 12.9. The van der Waals surface area contributed by atoms with E-state index in [-0.39, 0.29) is 5.91 Å². The molecule has 31 heavy (non-hydrogen) atoms. The third-order valence-electron chi connectivity index (χ3n) is 5.26. The fourth-order valence-electron chi connectivity index (χ4n) is 3.67. The number of imidazole rings is 1. The molecule has 0 saturated heterocycles. The van der Waals surface area contributed by atoms with Crippen LogP contribution in [0.2, 0.25) is 5.02 Å². The lowest BCUT2D eigenvalue weighted by atomic mass is 10.1. The highest BCUT2D eigenvalue weighted by atomic mass is 35.5. The number of rotatable bonds is 7. The Hall–Kier alpha value is -3.38. The zero-order valence-corrected chi connectivity index (χ0v) is 18.3. The van der Waals surface area contributed by atoms with Gasteiger partial charge in [-0.15, -0.1) is 0 Å². The highest BCUT2D eigenvalue weighted by Gasteiger charge is 2.19. The van der Waals surface area contributed by atoms with Crippen molar-refractivity contribution >= 4 is 17.5 Å². The molecule has 4 aromatic rings. The molecule has 0 fully saturated rings. The van der Waals surface area contributed by atoms with Crippen LogP contribution in [-0.4, -0.2) is 25.2 Å². The van der Waals surface area contributed by atoms with Gasteiger partial charge in [0, 0.05) is 36.2 Å². The van der Waals surface area contributed by atoms with E-state index in [2.05, 4.69) is 27.5 Å². The molecule has 0 bridgehead atoms.